The van der Waals surface area contributed by atoms with Crippen LogP contribution in [0.4, 0.5) is 0 Å². The Hall–Kier alpha value is -3.70. The summed E-state index contributed by atoms with van der Waals surface area (Å²) >= 11 is 6.62. The van der Waals surface area contributed by atoms with Gasteiger partial charge in [-0.05, 0) is 43.2 Å². The molecule has 0 unspecified atom stereocenters. The van der Waals surface area contributed by atoms with Gasteiger partial charge in [-0.2, -0.15) is 0 Å². The lowest BCUT2D eigenvalue weighted by atomic mass is 9.95. The van der Waals surface area contributed by atoms with Crippen LogP contribution in [0.5, 0.6) is 0 Å². The highest BCUT2D eigenvalue weighted by atomic mass is 35.5. The van der Waals surface area contributed by atoms with Crippen molar-refractivity contribution >= 4 is 23.3 Å². The van der Waals surface area contributed by atoms with Crippen LogP contribution in [-0.4, -0.2) is 27.8 Å². The maximum atomic E-state index is 12.6. The maximum absolute atomic E-state index is 12.6. The van der Waals surface area contributed by atoms with Gasteiger partial charge < -0.3 is 4.74 Å². The zero-order valence-electron chi connectivity index (χ0n) is 18.3. The first-order valence-corrected chi connectivity index (χ1v) is 11.2. The Morgan fingerprint density at radius 2 is 1.76 bits per heavy atom. The number of imidazole rings is 1. The molecule has 0 aliphatic carbocycles. The number of aliphatic imine (C=N–C) groups is 1. The van der Waals surface area contributed by atoms with Crippen molar-refractivity contribution < 1.29 is 9.53 Å². The van der Waals surface area contributed by atoms with E-state index in [1.807, 2.05) is 60.0 Å². The summed E-state index contributed by atoms with van der Waals surface area (Å²) in [5, 5.41) is 0.620. The third-order valence-corrected chi connectivity index (χ3v) is 6.07. The second kappa shape index (κ2) is 8.68. The fourth-order valence-electron chi connectivity index (χ4n) is 4.24. The fraction of sp³-hybridized carbons (Fsp3) is 0.148. The first-order chi connectivity index (χ1) is 16.1. The molecule has 3 aromatic carbocycles. The van der Waals surface area contributed by atoms with Gasteiger partial charge in [0.05, 0.1) is 29.7 Å². The van der Waals surface area contributed by atoms with Crippen LogP contribution in [-0.2, 0) is 4.74 Å². The molecule has 0 spiro atoms. The maximum Gasteiger partial charge on any atom is 0.358 e. The molecule has 0 amide bonds. The van der Waals surface area contributed by atoms with E-state index >= 15 is 0 Å². The highest BCUT2D eigenvalue weighted by Crippen LogP contribution is 2.36. The van der Waals surface area contributed by atoms with Crippen molar-refractivity contribution in [3.63, 3.8) is 0 Å². The van der Waals surface area contributed by atoms with Gasteiger partial charge in [-0.3, -0.25) is 9.56 Å². The summed E-state index contributed by atoms with van der Waals surface area (Å²) in [5.41, 5.74) is 6.58. The van der Waals surface area contributed by atoms with Crippen LogP contribution < -0.4 is 0 Å². The predicted octanol–water partition coefficient (Wildman–Crippen LogP) is 6.28. The summed E-state index contributed by atoms with van der Waals surface area (Å²) in [6.07, 6.45) is 1.67. The first kappa shape index (κ1) is 21.2. The Bertz CT molecular complexity index is 1380. The van der Waals surface area contributed by atoms with Gasteiger partial charge in [0, 0.05) is 16.1 Å². The number of esters is 1. The van der Waals surface area contributed by atoms with Gasteiger partial charge in [0.2, 0.25) is 0 Å². The van der Waals surface area contributed by atoms with Gasteiger partial charge in [0.1, 0.15) is 6.33 Å². The number of rotatable bonds is 4. The van der Waals surface area contributed by atoms with Crippen molar-refractivity contribution in [1.82, 2.24) is 9.55 Å². The summed E-state index contributed by atoms with van der Waals surface area (Å²) in [5.74, 6) is -0.447. The summed E-state index contributed by atoms with van der Waals surface area (Å²) in [7, 11) is 0. The van der Waals surface area contributed by atoms with Crippen molar-refractivity contribution in [2.75, 3.05) is 6.61 Å². The van der Waals surface area contributed by atoms with Crippen molar-refractivity contribution in [3.05, 3.63) is 107 Å². The molecular formula is C27H22ClN3O2. The SMILES string of the molecule is CCOC(=O)c1ncn2c1[C@@H](C)N=C(c1ccccc1Cl)c1cc(-c3ccccc3)ccc1-2. The average molecular weight is 456 g/mol. The Labute approximate surface area is 197 Å². The molecule has 0 radical (unpaired) electrons. The summed E-state index contributed by atoms with van der Waals surface area (Å²) in [4.78, 5) is 22.1. The minimum absolute atomic E-state index is 0.282. The third kappa shape index (κ3) is 3.74. The predicted molar refractivity (Wildman–Crippen MR) is 130 cm³/mol. The molecular weight excluding hydrogens is 434 g/mol. The van der Waals surface area contributed by atoms with E-state index in [-0.39, 0.29) is 18.3 Å². The zero-order valence-corrected chi connectivity index (χ0v) is 19.1. The van der Waals surface area contributed by atoms with Crippen molar-refractivity contribution in [2.45, 2.75) is 19.9 Å². The highest BCUT2D eigenvalue weighted by molar-refractivity contribution is 6.35. The Kier molecular flexibility index (Phi) is 5.56. The van der Waals surface area contributed by atoms with Crippen LogP contribution >= 0.6 is 11.6 Å². The average Bonchev–Trinajstić information content (AvgIpc) is 3.24. The van der Waals surface area contributed by atoms with Crippen LogP contribution in [0.2, 0.25) is 5.02 Å². The van der Waals surface area contributed by atoms with Gasteiger partial charge in [0.25, 0.3) is 0 Å². The quantitative estimate of drug-likeness (QED) is 0.340. The fourth-order valence-corrected chi connectivity index (χ4v) is 4.47. The number of carbonyl (C=O) groups excluding carboxylic acids is 1. The molecule has 0 saturated heterocycles. The molecule has 4 aromatic rings. The summed E-state index contributed by atoms with van der Waals surface area (Å²) in [6.45, 7) is 4.02. The van der Waals surface area contributed by atoms with Gasteiger partial charge in [-0.15, -0.1) is 0 Å². The van der Waals surface area contributed by atoms with E-state index < -0.39 is 5.97 Å². The molecule has 0 N–H and O–H groups in total. The van der Waals surface area contributed by atoms with Crippen molar-refractivity contribution in [1.29, 1.82) is 0 Å². The minimum atomic E-state index is -0.447. The second-order valence-electron chi connectivity index (χ2n) is 7.80. The first-order valence-electron chi connectivity index (χ1n) is 10.9. The monoisotopic (exact) mass is 455 g/mol. The Morgan fingerprint density at radius 3 is 2.52 bits per heavy atom. The van der Waals surface area contributed by atoms with Crippen LogP contribution in [0, 0.1) is 0 Å². The standard InChI is InChI=1S/C27H22ClN3O2/c1-3-33-27(32)25-26-17(2)30-24(20-11-7-8-12-22(20)28)21-15-19(18-9-5-4-6-10-18)13-14-23(21)31(26)16-29-25/h4-17H,3H2,1-2H3/t17-/m1/s1. The topological polar surface area (TPSA) is 56.5 Å². The number of fused-ring (bicyclic) bond motifs is 3. The molecule has 1 atom stereocenters. The molecule has 1 aromatic heterocycles. The normalized spacial score (nSPS) is 14.6. The number of halogens is 1. The van der Waals surface area contributed by atoms with E-state index in [2.05, 4.69) is 29.2 Å². The zero-order chi connectivity index (χ0) is 22.9. The van der Waals surface area contributed by atoms with Gasteiger partial charge in [-0.25, -0.2) is 9.78 Å². The molecule has 2 heterocycles. The highest BCUT2D eigenvalue weighted by Gasteiger charge is 2.29. The van der Waals surface area contributed by atoms with Crippen LogP contribution in [0.15, 0.2) is 84.1 Å². The van der Waals surface area contributed by atoms with E-state index in [0.717, 1.165) is 33.7 Å². The molecule has 6 heteroatoms. The van der Waals surface area contributed by atoms with Gasteiger partial charge in [0.15, 0.2) is 5.69 Å². The number of hydrogen-bond donors (Lipinski definition) is 0. The molecule has 1 aliphatic heterocycles. The number of benzene rings is 3. The molecule has 5 nitrogen and oxygen atoms in total. The Balaban J connectivity index is 1.78. The lowest BCUT2D eigenvalue weighted by Crippen LogP contribution is -2.11. The van der Waals surface area contributed by atoms with Gasteiger partial charge in [-0.1, -0.05) is 66.2 Å². The molecule has 0 saturated carbocycles. The number of carbonyl (C=O) groups is 1. The van der Waals surface area contributed by atoms with E-state index in [1.54, 1.807) is 13.3 Å². The minimum Gasteiger partial charge on any atom is -0.461 e. The third-order valence-electron chi connectivity index (χ3n) is 5.74. The van der Waals surface area contributed by atoms with Crippen LogP contribution in [0.3, 0.4) is 0 Å². The van der Waals surface area contributed by atoms with Crippen LogP contribution in [0.25, 0.3) is 16.8 Å². The number of aromatic nitrogens is 2. The van der Waals surface area contributed by atoms with Crippen LogP contribution in [0.1, 0.15) is 47.2 Å². The van der Waals surface area contributed by atoms with E-state index in [9.17, 15) is 4.79 Å². The largest absolute Gasteiger partial charge is 0.461 e. The lowest BCUT2D eigenvalue weighted by molar-refractivity contribution is 0.0518. The van der Waals surface area contributed by atoms with E-state index in [1.165, 1.54) is 0 Å². The van der Waals surface area contributed by atoms with Crippen molar-refractivity contribution in [2.24, 2.45) is 4.99 Å². The molecule has 164 valence electrons. The van der Waals surface area contributed by atoms with E-state index in [0.29, 0.717) is 10.7 Å². The lowest BCUT2D eigenvalue weighted by Gasteiger charge is -2.14. The number of hydrogen-bond acceptors (Lipinski definition) is 4. The molecule has 0 bridgehead atoms. The molecule has 1 aliphatic rings. The van der Waals surface area contributed by atoms with Gasteiger partial charge >= 0.3 is 5.97 Å². The van der Waals surface area contributed by atoms with E-state index in [4.69, 9.17) is 21.3 Å². The summed E-state index contributed by atoms with van der Waals surface area (Å²) in [6, 6.07) is 23.8. The number of ether oxygens (including phenoxy) is 1. The molecule has 33 heavy (non-hydrogen) atoms. The Morgan fingerprint density at radius 1 is 1.00 bits per heavy atom. The van der Waals surface area contributed by atoms with Crippen molar-refractivity contribution in [3.8, 4) is 16.8 Å². The molecule has 0 fully saturated rings. The second-order valence-corrected chi connectivity index (χ2v) is 8.21. The molecule has 5 rings (SSSR count). The smallest absolute Gasteiger partial charge is 0.358 e. The summed E-state index contributed by atoms with van der Waals surface area (Å²) < 4.78 is 7.19. The number of nitrogens with zero attached hydrogens (tertiary/aromatic N) is 3.